The molecule has 1 fully saturated rings. The Bertz CT molecular complexity index is 573. The fourth-order valence-corrected chi connectivity index (χ4v) is 2.51. The van der Waals surface area contributed by atoms with Crippen molar-refractivity contribution in [2.24, 2.45) is 5.92 Å². The Hall–Kier alpha value is -1.78. The lowest BCUT2D eigenvalue weighted by atomic mass is 10.1. The van der Waals surface area contributed by atoms with E-state index in [9.17, 15) is 0 Å². The van der Waals surface area contributed by atoms with Gasteiger partial charge in [-0.25, -0.2) is 9.97 Å². The third kappa shape index (κ3) is 3.03. The van der Waals surface area contributed by atoms with Crippen molar-refractivity contribution >= 4 is 17.3 Å². The quantitative estimate of drug-likeness (QED) is 0.813. The van der Waals surface area contributed by atoms with Gasteiger partial charge in [-0.15, -0.1) is 0 Å². The molecule has 0 saturated heterocycles. The lowest BCUT2D eigenvalue weighted by Crippen LogP contribution is -2.18. The van der Waals surface area contributed by atoms with Crippen LogP contribution in [0.4, 0.5) is 11.6 Å². The van der Waals surface area contributed by atoms with Gasteiger partial charge in [0.05, 0.1) is 6.20 Å². The molecule has 0 aromatic carbocycles. The number of aromatic nitrogens is 3. The smallest absolute Gasteiger partial charge is 0.180 e. The van der Waals surface area contributed by atoms with E-state index in [-0.39, 0.29) is 0 Å². The van der Waals surface area contributed by atoms with Crippen molar-refractivity contribution in [3.63, 3.8) is 0 Å². The molecule has 20 heavy (non-hydrogen) atoms. The number of rotatable bonds is 7. The molecule has 5 heteroatoms. The second-order valence-corrected chi connectivity index (χ2v) is 5.78. The summed E-state index contributed by atoms with van der Waals surface area (Å²) in [5.41, 5.74) is 0.898. The molecule has 1 saturated carbocycles. The van der Waals surface area contributed by atoms with Gasteiger partial charge in [0.15, 0.2) is 11.5 Å². The van der Waals surface area contributed by atoms with Crippen LogP contribution in [-0.2, 0) is 0 Å². The molecule has 1 unspecified atom stereocenters. The summed E-state index contributed by atoms with van der Waals surface area (Å²) in [6.45, 7) is 5.31. The molecule has 1 aliphatic rings. The van der Waals surface area contributed by atoms with Gasteiger partial charge < -0.3 is 15.0 Å². The lowest BCUT2D eigenvalue weighted by molar-refractivity contribution is 0.640. The zero-order valence-electron chi connectivity index (χ0n) is 12.3. The first kappa shape index (κ1) is 13.2. The number of hydrogen-bond acceptors (Lipinski definition) is 4. The summed E-state index contributed by atoms with van der Waals surface area (Å²) < 4.78 is 2.02. The summed E-state index contributed by atoms with van der Waals surface area (Å²) in [6.07, 6.45) is 10.9. The normalized spacial score (nSPS) is 16.3. The Morgan fingerprint density at radius 3 is 3.05 bits per heavy atom. The highest BCUT2D eigenvalue weighted by Crippen LogP contribution is 2.34. The molecule has 2 aromatic rings. The Morgan fingerprint density at radius 1 is 1.45 bits per heavy atom. The fraction of sp³-hybridized carbons (Fsp3) is 0.600. The standard InChI is InChI=1S/C15H23N5/c1-3-6-16-13-10-20-8-7-17-15(20)14(19-13)18-11(2)9-12-4-5-12/h7-8,10-12,16H,3-6,9H2,1-2H3,(H,18,19). The maximum atomic E-state index is 4.67. The van der Waals surface area contributed by atoms with Gasteiger partial charge in [-0.1, -0.05) is 19.8 Å². The first-order valence-electron chi connectivity index (χ1n) is 7.60. The van der Waals surface area contributed by atoms with Crippen LogP contribution >= 0.6 is 0 Å². The maximum absolute atomic E-state index is 4.67. The van der Waals surface area contributed by atoms with Crippen molar-refractivity contribution < 1.29 is 0 Å². The molecular weight excluding hydrogens is 250 g/mol. The van der Waals surface area contributed by atoms with E-state index in [0.29, 0.717) is 6.04 Å². The maximum Gasteiger partial charge on any atom is 0.180 e. The highest BCUT2D eigenvalue weighted by atomic mass is 15.1. The summed E-state index contributed by atoms with van der Waals surface area (Å²) in [5.74, 6) is 2.69. The van der Waals surface area contributed by atoms with Gasteiger partial charge in [-0.3, -0.25) is 0 Å². The van der Waals surface area contributed by atoms with Gasteiger partial charge in [0.2, 0.25) is 0 Å². The molecule has 0 amide bonds. The Labute approximate surface area is 119 Å². The Balaban J connectivity index is 1.80. The summed E-state index contributed by atoms with van der Waals surface area (Å²) in [5, 5.41) is 6.87. The molecule has 108 valence electrons. The molecular formula is C15H23N5. The molecule has 0 aliphatic heterocycles. The predicted octanol–water partition coefficient (Wildman–Crippen LogP) is 3.15. The van der Waals surface area contributed by atoms with Crippen LogP contribution in [0.15, 0.2) is 18.6 Å². The van der Waals surface area contributed by atoms with E-state index in [4.69, 9.17) is 0 Å². The number of hydrogen-bond donors (Lipinski definition) is 2. The van der Waals surface area contributed by atoms with Crippen LogP contribution in [0.5, 0.6) is 0 Å². The molecule has 0 bridgehead atoms. The van der Waals surface area contributed by atoms with Crippen molar-refractivity contribution in [3.8, 4) is 0 Å². The first-order valence-corrected chi connectivity index (χ1v) is 7.60. The monoisotopic (exact) mass is 273 g/mol. The number of fused-ring (bicyclic) bond motifs is 1. The van der Waals surface area contributed by atoms with Crippen LogP contribution in [0.2, 0.25) is 0 Å². The molecule has 0 spiro atoms. The minimum Gasteiger partial charge on any atom is -0.369 e. The van der Waals surface area contributed by atoms with Crippen LogP contribution < -0.4 is 10.6 Å². The summed E-state index contributed by atoms with van der Waals surface area (Å²) in [6, 6.07) is 0.442. The second kappa shape index (κ2) is 5.69. The van der Waals surface area contributed by atoms with Crippen LogP contribution in [-0.4, -0.2) is 27.0 Å². The topological polar surface area (TPSA) is 54.2 Å². The first-order chi connectivity index (χ1) is 9.76. The van der Waals surface area contributed by atoms with E-state index in [1.807, 2.05) is 23.0 Å². The van der Waals surface area contributed by atoms with Crippen molar-refractivity contribution in [3.05, 3.63) is 18.6 Å². The van der Waals surface area contributed by atoms with Crippen molar-refractivity contribution in [1.29, 1.82) is 0 Å². The van der Waals surface area contributed by atoms with Crippen LogP contribution in [0.3, 0.4) is 0 Å². The molecule has 2 heterocycles. The van der Waals surface area contributed by atoms with Gasteiger partial charge in [-0.05, 0) is 25.7 Å². The van der Waals surface area contributed by atoms with Gasteiger partial charge in [0, 0.05) is 25.0 Å². The largest absolute Gasteiger partial charge is 0.369 e. The summed E-state index contributed by atoms with van der Waals surface area (Å²) in [4.78, 5) is 9.07. The van der Waals surface area contributed by atoms with Gasteiger partial charge in [-0.2, -0.15) is 0 Å². The van der Waals surface area contributed by atoms with Crippen molar-refractivity contribution in [2.75, 3.05) is 17.2 Å². The molecule has 1 aliphatic carbocycles. The third-order valence-electron chi connectivity index (χ3n) is 3.70. The van der Waals surface area contributed by atoms with Crippen LogP contribution in [0, 0.1) is 5.92 Å². The average Bonchev–Trinajstić information content (AvgIpc) is 3.10. The van der Waals surface area contributed by atoms with E-state index in [0.717, 1.165) is 36.2 Å². The Kier molecular flexibility index (Phi) is 3.76. The van der Waals surface area contributed by atoms with E-state index in [1.165, 1.54) is 19.3 Å². The van der Waals surface area contributed by atoms with Gasteiger partial charge in [0.1, 0.15) is 5.82 Å². The van der Waals surface area contributed by atoms with E-state index in [1.54, 1.807) is 0 Å². The SMILES string of the molecule is CCCNc1cn2ccnc2c(NC(C)CC2CC2)n1. The number of imidazole rings is 1. The highest BCUT2D eigenvalue weighted by molar-refractivity contribution is 5.65. The fourth-order valence-electron chi connectivity index (χ4n) is 2.51. The Morgan fingerprint density at radius 2 is 2.30 bits per heavy atom. The zero-order valence-corrected chi connectivity index (χ0v) is 12.3. The summed E-state index contributed by atoms with van der Waals surface area (Å²) >= 11 is 0. The molecule has 3 rings (SSSR count). The zero-order chi connectivity index (χ0) is 13.9. The van der Waals surface area contributed by atoms with Crippen molar-refractivity contribution in [1.82, 2.24) is 14.4 Å². The molecule has 2 aromatic heterocycles. The van der Waals surface area contributed by atoms with Crippen LogP contribution in [0.25, 0.3) is 5.65 Å². The minimum atomic E-state index is 0.442. The van der Waals surface area contributed by atoms with Crippen LogP contribution in [0.1, 0.15) is 39.5 Å². The predicted molar refractivity (Wildman–Crippen MR) is 82.2 cm³/mol. The molecule has 1 atom stereocenters. The molecule has 2 N–H and O–H groups in total. The van der Waals surface area contributed by atoms with Gasteiger partial charge in [0.25, 0.3) is 0 Å². The van der Waals surface area contributed by atoms with E-state index in [2.05, 4.69) is 34.4 Å². The molecule has 5 nitrogen and oxygen atoms in total. The van der Waals surface area contributed by atoms with E-state index < -0.39 is 0 Å². The highest BCUT2D eigenvalue weighted by Gasteiger charge is 2.24. The van der Waals surface area contributed by atoms with Gasteiger partial charge >= 0.3 is 0 Å². The lowest BCUT2D eigenvalue weighted by Gasteiger charge is -2.16. The number of nitrogens with zero attached hydrogens (tertiary/aromatic N) is 3. The van der Waals surface area contributed by atoms with E-state index >= 15 is 0 Å². The van der Waals surface area contributed by atoms with Crippen molar-refractivity contribution in [2.45, 2.75) is 45.6 Å². The average molecular weight is 273 g/mol. The third-order valence-corrected chi connectivity index (χ3v) is 3.70. The molecule has 0 radical (unpaired) electrons. The second-order valence-electron chi connectivity index (χ2n) is 5.78. The number of anilines is 2. The summed E-state index contributed by atoms with van der Waals surface area (Å²) in [7, 11) is 0. The minimum absolute atomic E-state index is 0.442. The number of nitrogens with one attached hydrogen (secondary N) is 2.